The average molecular weight is 307 g/mol. The highest BCUT2D eigenvalue weighted by atomic mass is 35.5. The first-order valence-corrected chi connectivity index (χ1v) is 7.37. The van der Waals surface area contributed by atoms with E-state index in [-0.39, 0.29) is 10.9 Å². The average Bonchev–Trinajstić information content (AvgIpc) is 2.50. The highest BCUT2D eigenvalue weighted by Crippen LogP contribution is 2.39. The van der Waals surface area contributed by atoms with Gasteiger partial charge >= 0.3 is 0 Å². The molecule has 0 saturated heterocycles. The largest absolute Gasteiger partial charge is 0.493 e. The molecule has 1 aliphatic heterocycles. The highest BCUT2D eigenvalue weighted by Gasteiger charge is 2.24. The van der Waals surface area contributed by atoms with Gasteiger partial charge < -0.3 is 9.84 Å². The number of ether oxygens (including phenoxy) is 1. The second kappa shape index (κ2) is 6.04. The number of hydrogen-bond acceptors (Lipinski definition) is 2. The zero-order valence-corrected chi connectivity index (χ0v) is 12.2. The maximum Gasteiger partial charge on any atom is 0.141 e. The molecule has 1 N–H and O–H groups in total. The van der Waals surface area contributed by atoms with Gasteiger partial charge in [0.15, 0.2) is 0 Å². The van der Waals surface area contributed by atoms with Gasteiger partial charge in [-0.05, 0) is 48.1 Å². The summed E-state index contributed by atoms with van der Waals surface area (Å²) in [7, 11) is 0. The van der Waals surface area contributed by atoms with Crippen LogP contribution < -0.4 is 4.74 Å². The lowest BCUT2D eigenvalue weighted by Gasteiger charge is -2.27. The molecule has 4 heteroatoms. The molecule has 2 nitrogen and oxygen atoms in total. The molecule has 0 amide bonds. The van der Waals surface area contributed by atoms with Gasteiger partial charge in [0, 0.05) is 0 Å². The topological polar surface area (TPSA) is 29.5 Å². The number of aliphatic hydroxyl groups is 1. The van der Waals surface area contributed by atoms with Crippen LogP contribution in [0, 0.1) is 5.82 Å². The van der Waals surface area contributed by atoms with Gasteiger partial charge in [0.05, 0.1) is 17.7 Å². The molecule has 21 heavy (non-hydrogen) atoms. The van der Waals surface area contributed by atoms with Crippen LogP contribution in [0.4, 0.5) is 4.39 Å². The Hall–Kier alpha value is -1.58. The minimum atomic E-state index is -0.667. The second-order valence-corrected chi connectivity index (χ2v) is 5.70. The van der Waals surface area contributed by atoms with Gasteiger partial charge in [-0.15, -0.1) is 0 Å². The summed E-state index contributed by atoms with van der Waals surface area (Å²) in [5.74, 6) is 0.649. The van der Waals surface area contributed by atoms with E-state index in [2.05, 4.69) is 0 Å². The predicted octanol–water partition coefficient (Wildman–Crippen LogP) is 4.47. The summed E-state index contributed by atoms with van der Waals surface area (Å²) >= 11 is 5.78. The molecule has 0 spiro atoms. The molecule has 1 aliphatic rings. The quantitative estimate of drug-likeness (QED) is 0.906. The van der Waals surface area contributed by atoms with Crippen molar-refractivity contribution in [3.05, 3.63) is 64.4 Å². The Balaban J connectivity index is 1.79. The summed E-state index contributed by atoms with van der Waals surface area (Å²) in [6, 6.07) is 12.3. The third kappa shape index (κ3) is 3.04. The van der Waals surface area contributed by atoms with Crippen LogP contribution in [0.3, 0.4) is 0 Å². The van der Waals surface area contributed by atoms with Gasteiger partial charge in [0.25, 0.3) is 0 Å². The first-order chi connectivity index (χ1) is 10.1. The van der Waals surface area contributed by atoms with Gasteiger partial charge in [0.2, 0.25) is 0 Å². The number of rotatable bonds is 3. The van der Waals surface area contributed by atoms with Crippen molar-refractivity contribution in [1.29, 1.82) is 0 Å². The summed E-state index contributed by atoms with van der Waals surface area (Å²) in [5, 5.41) is 10.4. The van der Waals surface area contributed by atoms with Gasteiger partial charge in [0.1, 0.15) is 11.6 Å². The monoisotopic (exact) mass is 306 g/mol. The van der Waals surface area contributed by atoms with Crippen molar-refractivity contribution in [2.75, 3.05) is 6.61 Å². The van der Waals surface area contributed by atoms with Crippen molar-refractivity contribution in [3.63, 3.8) is 0 Å². The van der Waals surface area contributed by atoms with Gasteiger partial charge in [-0.2, -0.15) is 0 Å². The van der Waals surface area contributed by atoms with Gasteiger partial charge in [-0.3, -0.25) is 0 Å². The molecule has 2 aromatic carbocycles. The molecule has 1 heterocycles. The van der Waals surface area contributed by atoms with Crippen LogP contribution in [-0.2, 0) is 0 Å². The fraction of sp³-hybridized carbons (Fsp3) is 0.294. The number of aliphatic hydroxyl groups excluding tert-OH is 1. The molecule has 110 valence electrons. The van der Waals surface area contributed by atoms with Crippen LogP contribution in [0.15, 0.2) is 42.5 Å². The van der Waals surface area contributed by atoms with E-state index in [1.54, 1.807) is 6.07 Å². The summed E-state index contributed by atoms with van der Waals surface area (Å²) in [4.78, 5) is 0. The van der Waals surface area contributed by atoms with Crippen molar-refractivity contribution in [2.45, 2.75) is 24.9 Å². The molecule has 2 aromatic rings. The molecule has 0 bridgehead atoms. The first kappa shape index (κ1) is 14.4. The van der Waals surface area contributed by atoms with E-state index in [1.807, 2.05) is 24.3 Å². The lowest BCUT2D eigenvalue weighted by molar-refractivity contribution is 0.145. The Morgan fingerprint density at radius 3 is 2.90 bits per heavy atom. The van der Waals surface area contributed by atoms with E-state index in [0.717, 1.165) is 17.7 Å². The second-order valence-electron chi connectivity index (χ2n) is 5.30. The molecule has 0 saturated carbocycles. The van der Waals surface area contributed by atoms with Crippen LogP contribution in [-0.4, -0.2) is 11.7 Å². The summed E-state index contributed by atoms with van der Waals surface area (Å²) in [6.07, 6.45) is 0.768. The number of fused-ring (bicyclic) bond motifs is 1. The maximum atomic E-state index is 13.2. The Morgan fingerprint density at radius 1 is 1.29 bits per heavy atom. The van der Waals surface area contributed by atoms with Crippen molar-refractivity contribution in [1.82, 2.24) is 0 Å². The molecular formula is C17H16ClFO2. The molecule has 2 atom stereocenters. The van der Waals surface area contributed by atoms with E-state index in [4.69, 9.17) is 16.3 Å². The number of para-hydroxylation sites is 1. The van der Waals surface area contributed by atoms with Crippen LogP contribution in [0.1, 0.15) is 36.0 Å². The smallest absolute Gasteiger partial charge is 0.141 e. The van der Waals surface area contributed by atoms with Crippen molar-refractivity contribution >= 4 is 11.6 Å². The molecule has 3 rings (SSSR count). The summed E-state index contributed by atoms with van der Waals surface area (Å²) in [6.45, 7) is 0.651. The molecule has 0 aromatic heterocycles. The third-order valence-electron chi connectivity index (χ3n) is 3.92. The Kier molecular flexibility index (Phi) is 4.13. The predicted molar refractivity (Wildman–Crippen MR) is 80.3 cm³/mol. The van der Waals surface area contributed by atoms with Crippen molar-refractivity contribution < 1.29 is 14.2 Å². The highest BCUT2D eigenvalue weighted by molar-refractivity contribution is 6.30. The molecule has 0 aliphatic carbocycles. The molecular weight excluding hydrogens is 291 g/mol. The first-order valence-electron chi connectivity index (χ1n) is 7.00. The van der Waals surface area contributed by atoms with E-state index in [9.17, 15) is 9.50 Å². The van der Waals surface area contributed by atoms with Crippen LogP contribution in [0.2, 0.25) is 5.02 Å². The minimum Gasteiger partial charge on any atom is -0.493 e. The summed E-state index contributed by atoms with van der Waals surface area (Å²) in [5.41, 5.74) is 1.77. The lowest BCUT2D eigenvalue weighted by Crippen LogP contribution is -2.16. The minimum absolute atomic E-state index is 0.0407. The summed E-state index contributed by atoms with van der Waals surface area (Å²) < 4.78 is 18.8. The fourth-order valence-electron chi connectivity index (χ4n) is 2.79. The zero-order chi connectivity index (χ0) is 14.8. The fourth-order valence-corrected chi connectivity index (χ4v) is 2.97. The third-order valence-corrected chi connectivity index (χ3v) is 4.21. The number of benzene rings is 2. The van der Waals surface area contributed by atoms with E-state index < -0.39 is 11.9 Å². The van der Waals surface area contributed by atoms with Gasteiger partial charge in [-0.1, -0.05) is 35.9 Å². The zero-order valence-electron chi connectivity index (χ0n) is 11.4. The molecule has 0 fully saturated rings. The van der Waals surface area contributed by atoms with E-state index >= 15 is 0 Å². The van der Waals surface area contributed by atoms with Crippen LogP contribution in [0.5, 0.6) is 5.75 Å². The number of hydrogen-bond donors (Lipinski definition) is 1. The standard InChI is InChI=1S/C17H16ClFO2/c18-14-9-12(5-6-15(14)19)16(20)10-11-7-8-21-17-4-2-1-3-13(11)17/h1-6,9,11,16,20H,7-8,10H2. The molecule has 2 unspecified atom stereocenters. The Bertz CT molecular complexity index is 644. The lowest BCUT2D eigenvalue weighted by atomic mass is 9.86. The van der Waals surface area contributed by atoms with E-state index in [0.29, 0.717) is 18.6 Å². The van der Waals surface area contributed by atoms with Crippen molar-refractivity contribution in [3.8, 4) is 5.75 Å². The van der Waals surface area contributed by atoms with Crippen molar-refractivity contribution in [2.24, 2.45) is 0 Å². The Labute approximate surface area is 128 Å². The maximum absolute atomic E-state index is 13.2. The number of halogens is 2. The Morgan fingerprint density at radius 2 is 2.10 bits per heavy atom. The SMILES string of the molecule is OC(CC1CCOc2ccccc21)c1ccc(F)c(Cl)c1. The molecule has 0 radical (unpaired) electrons. The normalized spacial score (nSPS) is 18.7. The van der Waals surface area contributed by atoms with Gasteiger partial charge in [-0.25, -0.2) is 4.39 Å². The van der Waals surface area contributed by atoms with Crippen LogP contribution in [0.25, 0.3) is 0 Å². The van der Waals surface area contributed by atoms with Crippen LogP contribution >= 0.6 is 11.6 Å². The van der Waals surface area contributed by atoms with E-state index in [1.165, 1.54) is 12.1 Å².